The van der Waals surface area contributed by atoms with E-state index in [1.54, 1.807) is 0 Å². The molecule has 0 bridgehead atoms. The number of carbonyl (C=O) groups is 1. The van der Waals surface area contributed by atoms with Gasteiger partial charge >= 0.3 is 0 Å². The van der Waals surface area contributed by atoms with Gasteiger partial charge in [0.25, 0.3) is 0 Å². The summed E-state index contributed by atoms with van der Waals surface area (Å²) in [5.41, 5.74) is 1.52. The van der Waals surface area contributed by atoms with Gasteiger partial charge in [-0.3, -0.25) is 14.6 Å². The van der Waals surface area contributed by atoms with Crippen molar-refractivity contribution in [3.05, 3.63) is 35.9 Å². The minimum absolute atomic E-state index is 0.141. The summed E-state index contributed by atoms with van der Waals surface area (Å²) in [6.45, 7) is 11.7. The molecule has 0 N–H and O–H groups in total. The Balaban J connectivity index is 1.47. The molecule has 4 nitrogen and oxygen atoms in total. The van der Waals surface area contributed by atoms with Crippen molar-refractivity contribution in [2.45, 2.75) is 51.6 Å². The zero-order chi connectivity index (χ0) is 17.7. The molecule has 2 fully saturated rings. The van der Waals surface area contributed by atoms with Crippen molar-refractivity contribution in [2.75, 3.05) is 39.3 Å². The fourth-order valence-corrected chi connectivity index (χ4v) is 4.13. The van der Waals surface area contributed by atoms with Crippen molar-refractivity contribution in [3.63, 3.8) is 0 Å². The van der Waals surface area contributed by atoms with E-state index in [2.05, 4.69) is 58.9 Å². The molecule has 1 amide bonds. The molecule has 0 aliphatic carbocycles. The van der Waals surface area contributed by atoms with Crippen LogP contribution in [0.25, 0.3) is 0 Å². The number of carbonyl (C=O) groups excluding carboxylic acids is 1. The summed E-state index contributed by atoms with van der Waals surface area (Å²) in [6.07, 6.45) is 4.31. The van der Waals surface area contributed by atoms with Crippen LogP contribution in [0.3, 0.4) is 0 Å². The number of rotatable bonds is 5. The van der Waals surface area contributed by atoms with E-state index in [9.17, 15) is 4.79 Å². The lowest BCUT2D eigenvalue weighted by Crippen LogP contribution is -2.59. The highest BCUT2D eigenvalue weighted by Crippen LogP contribution is 2.23. The van der Waals surface area contributed by atoms with Gasteiger partial charge in [-0.25, -0.2) is 0 Å². The van der Waals surface area contributed by atoms with E-state index in [0.717, 1.165) is 45.8 Å². The van der Waals surface area contributed by atoms with Crippen LogP contribution in [0.4, 0.5) is 0 Å². The second-order valence-electron chi connectivity index (χ2n) is 8.19. The van der Waals surface area contributed by atoms with Gasteiger partial charge in [0.2, 0.25) is 5.91 Å². The summed E-state index contributed by atoms with van der Waals surface area (Å²) in [4.78, 5) is 19.5. The maximum Gasteiger partial charge on any atom is 0.223 e. The first-order chi connectivity index (χ1) is 12.0. The number of amides is 1. The Morgan fingerprint density at radius 1 is 1.00 bits per heavy atom. The van der Waals surface area contributed by atoms with Crippen LogP contribution in [0.15, 0.2) is 30.3 Å². The average molecular weight is 344 g/mol. The number of hydrogen-bond donors (Lipinski definition) is 0. The van der Waals surface area contributed by atoms with Gasteiger partial charge < -0.3 is 4.90 Å². The van der Waals surface area contributed by atoms with Crippen LogP contribution in [0.2, 0.25) is 0 Å². The van der Waals surface area contributed by atoms with Crippen molar-refractivity contribution >= 4 is 5.91 Å². The van der Waals surface area contributed by atoms with Gasteiger partial charge in [0.05, 0.1) is 0 Å². The Labute approximate surface area is 152 Å². The number of piperidine rings is 1. The van der Waals surface area contributed by atoms with Crippen LogP contribution in [-0.2, 0) is 11.3 Å². The molecule has 4 heteroatoms. The second-order valence-corrected chi connectivity index (χ2v) is 8.19. The average Bonchev–Trinajstić information content (AvgIpc) is 2.63. The Morgan fingerprint density at radius 2 is 1.72 bits per heavy atom. The zero-order valence-electron chi connectivity index (χ0n) is 15.9. The maximum atomic E-state index is 12.4. The number of hydrogen-bond acceptors (Lipinski definition) is 3. The molecular weight excluding hydrogens is 310 g/mol. The first-order valence-electron chi connectivity index (χ1n) is 9.84. The molecule has 3 rings (SSSR count). The van der Waals surface area contributed by atoms with Crippen molar-refractivity contribution in [3.8, 4) is 0 Å². The van der Waals surface area contributed by atoms with Crippen molar-refractivity contribution < 1.29 is 4.79 Å². The van der Waals surface area contributed by atoms with Gasteiger partial charge in [-0.2, -0.15) is 0 Å². The Kier molecular flexibility index (Phi) is 6.13. The molecule has 138 valence electrons. The SMILES string of the molecule is CC1(C)CN(CCC(=O)N2CCCCC2)CCN1Cc1ccccc1. The fourth-order valence-electron chi connectivity index (χ4n) is 4.13. The van der Waals surface area contributed by atoms with Crippen LogP contribution in [-0.4, -0.2) is 65.4 Å². The van der Waals surface area contributed by atoms with Crippen LogP contribution < -0.4 is 0 Å². The predicted molar refractivity (Wildman–Crippen MR) is 102 cm³/mol. The van der Waals surface area contributed by atoms with E-state index in [1.807, 2.05) is 0 Å². The lowest BCUT2D eigenvalue weighted by atomic mass is 9.97. The first-order valence-corrected chi connectivity index (χ1v) is 9.84. The first kappa shape index (κ1) is 18.4. The number of likely N-dealkylation sites (tertiary alicyclic amines) is 1. The van der Waals surface area contributed by atoms with Gasteiger partial charge in [0.15, 0.2) is 0 Å². The molecule has 0 atom stereocenters. The number of benzene rings is 1. The standard InChI is InChI=1S/C21H33N3O/c1-21(2)18-22(14-11-20(25)23-12-7-4-8-13-23)15-16-24(21)17-19-9-5-3-6-10-19/h3,5-6,9-10H,4,7-8,11-18H2,1-2H3. The largest absolute Gasteiger partial charge is 0.343 e. The Bertz CT molecular complexity index is 552. The molecule has 1 aromatic rings. The second kappa shape index (κ2) is 8.33. The van der Waals surface area contributed by atoms with Gasteiger partial charge in [0, 0.05) is 57.8 Å². The summed E-state index contributed by atoms with van der Waals surface area (Å²) >= 11 is 0. The predicted octanol–water partition coefficient (Wildman–Crippen LogP) is 2.99. The summed E-state index contributed by atoms with van der Waals surface area (Å²) in [6, 6.07) is 10.7. The van der Waals surface area contributed by atoms with E-state index in [-0.39, 0.29) is 5.54 Å². The monoisotopic (exact) mass is 343 g/mol. The summed E-state index contributed by atoms with van der Waals surface area (Å²) in [5, 5.41) is 0. The summed E-state index contributed by atoms with van der Waals surface area (Å²) in [7, 11) is 0. The van der Waals surface area contributed by atoms with Crippen LogP contribution in [0.5, 0.6) is 0 Å². The molecule has 0 aromatic heterocycles. The molecule has 2 saturated heterocycles. The summed E-state index contributed by atoms with van der Waals surface area (Å²) in [5.74, 6) is 0.351. The van der Waals surface area contributed by atoms with E-state index in [4.69, 9.17) is 0 Å². The van der Waals surface area contributed by atoms with Crippen LogP contribution >= 0.6 is 0 Å². The minimum atomic E-state index is 0.141. The molecular formula is C21H33N3O. The van der Waals surface area contributed by atoms with E-state index in [1.165, 1.54) is 24.8 Å². The quantitative estimate of drug-likeness (QED) is 0.822. The normalized spacial score (nSPS) is 22.1. The van der Waals surface area contributed by atoms with Crippen LogP contribution in [0.1, 0.15) is 45.1 Å². The molecule has 2 aliphatic rings. The van der Waals surface area contributed by atoms with Crippen molar-refractivity contribution in [1.29, 1.82) is 0 Å². The molecule has 25 heavy (non-hydrogen) atoms. The van der Waals surface area contributed by atoms with Gasteiger partial charge in [0.1, 0.15) is 0 Å². The molecule has 2 aliphatic heterocycles. The fraction of sp³-hybridized carbons (Fsp3) is 0.667. The van der Waals surface area contributed by atoms with Crippen molar-refractivity contribution in [1.82, 2.24) is 14.7 Å². The summed E-state index contributed by atoms with van der Waals surface area (Å²) < 4.78 is 0. The van der Waals surface area contributed by atoms with Crippen LogP contribution in [0, 0.1) is 0 Å². The number of nitrogens with zero attached hydrogens (tertiary/aromatic N) is 3. The highest BCUT2D eigenvalue weighted by molar-refractivity contribution is 5.76. The Morgan fingerprint density at radius 3 is 2.40 bits per heavy atom. The molecule has 1 aromatic carbocycles. The lowest BCUT2D eigenvalue weighted by Gasteiger charge is -2.47. The molecule has 0 spiro atoms. The van der Waals surface area contributed by atoms with E-state index >= 15 is 0 Å². The third-order valence-electron chi connectivity index (χ3n) is 5.72. The molecule has 0 unspecified atom stereocenters. The Hall–Kier alpha value is -1.39. The topological polar surface area (TPSA) is 26.8 Å². The van der Waals surface area contributed by atoms with Crippen molar-refractivity contribution in [2.24, 2.45) is 0 Å². The zero-order valence-corrected chi connectivity index (χ0v) is 15.9. The molecule has 0 saturated carbocycles. The maximum absolute atomic E-state index is 12.4. The molecule has 2 heterocycles. The van der Waals surface area contributed by atoms with Gasteiger partial charge in [-0.05, 0) is 38.7 Å². The third-order valence-corrected chi connectivity index (χ3v) is 5.72. The molecule has 0 radical (unpaired) electrons. The third kappa shape index (κ3) is 5.05. The van der Waals surface area contributed by atoms with Gasteiger partial charge in [-0.1, -0.05) is 30.3 Å². The smallest absolute Gasteiger partial charge is 0.223 e. The highest BCUT2D eigenvalue weighted by atomic mass is 16.2. The minimum Gasteiger partial charge on any atom is -0.343 e. The van der Waals surface area contributed by atoms with E-state index in [0.29, 0.717) is 12.3 Å². The highest BCUT2D eigenvalue weighted by Gasteiger charge is 2.33. The number of piperazine rings is 1. The van der Waals surface area contributed by atoms with Gasteiger partial charge in [-0.15, -0.1) is 0 Å². The lowest BCUT2D eigenvalue weighted by molar-refractivity contribution is -0.132. The van der Waals surface area contributed by atoms with E-state index < -0.39 is 0 Å².